The molecule has 1 aromatic carbocycles. The first-order valence-corrected chi connectivity index (χ1v) is 10.2. The van der Waals surface area contributed by atoms with Gasteiger partial charge in [0.1, 0.15) is 0 Å². The molecule has 0 spiro atoms. The van der Waals surface area contributed by atoms with Crippen molar-refractivity contribution < 1.29 is 13.9 Å². The quantitative estimate of drug-likeness (QED) is 0.609. The second kappa shape index (κ2) is 5.24. The molecular formula is C16H19BrN2O3S. The van der Waals surface area contributed by atoms with Gasteiger partial charge < -0.3 is 10.7 Å². The molecule has 124 valence electrons. The molecule has 2 aliphatic rings. The number of aromatic amines is 1. The number of rotatable bonds is 2. The van der Waals surface area contributed by atoms with Crippen LogP contribution in [0.1, 0.15) is 47.5 Å². The summed E-state index contributed by atoms with van der Waals surface area (Å²) in [4.78, 5) is 14.9. The van der Waals surface area contributed by atoms with Gasteiger partial charge in [0.2, 0.25) is 0 Å². The number of carbonyl (C=O) groups excluding carboxylic acids is 1. The molecule has 2 bridgehead atoms. The van der Waals surface area contributed by atoms with E-state index in [-0.39, 0.29) is 16.4 Å². The highest BCUT2D eigenvalue weighted by atomic mass is 79.9. The van der Waals surface area contributed by atoms with Crippen molar-refractivity contribution >= 4 is 43.3 Å². The average Bonchev–Trinajstić information content (AvgIpc) is 2.90. The molecule has 0 radical (unpaired) electrons. The van der Waals surface area contributed by atoms with Crippen molar-refractivity contribution in [3.8, 4) is 0 Å². The summed E-state index contributed by atoms with van der Waals surface area (Å²) >= 11 is 3.45. The highest BCUT2D eigenvalue weighted by molar-refractivity contribution is 9.10. The topological polar surface area (TPSA) is 99.3 Å². The number of aromatic nitrogens is 1. The summed E-state index contributed by atoms with van der Waals surface area (Å²) in [6.45, 7) is 0. The summed E-state index contributed by atoms with van der Waals surface area (Å²) < 4.78 is 21.5. The Balaban J connectivity index is 1.78. The minimum absolute atomic E-state index is 0.0129. The van der Waals surface area contributed by atoms with E-state index in [0.29, 0.717) is 5.56 Å². The summed E-state index contributed by atoms with van der Waals surface area (Å²) in [7, 11) is -2.43. The Kier molecular flexibility index (Phi) is 3.53. The third kappa shape index (κ3) is 2.33. The number of hydrogen-bond donors (Lipinski definition) is 4. The Morgan fingerprint density at radius 1 is 1.26 bits per heavy atom. The molecule has 0 unspecified atom stereocenters. The lowest BCUT2D eigenvalue weighted by molar-refractivity contribution is 0.100. The van der Waals surface area contributed by atoms with Gasteiger partial charge in [0.05, 0.1) is 11.1 Å². The van der Waals surface area contributed by atoms with E-state index in [2.05, 4.69) is 20.9 Å². The van der Waals surface area contributed by atoms with Crippen molar-refractivity contribution in [2.75, 3.05) is 0 Å². The van der Waals surface area contributed by atoms with Crippen molar-refractivity contribution in [3.05, 3.63) is 33.9 Å². The van der Waals surface area contributed by atoms with E-state index in [9.17, 15) is 13.9 Å². The van der Waals surface area contributed by atoms with Gasteiger partial charge in [-0.25, -0.2) is 0 Å². The number of fused-ring (bicyclic) bond motifs is 3. The molecular weight excluding hydrogens is 380 g/mol. The van der Waals surface area contributed by atoms with E-state index in [1.54, 1.807) is 6.07 Å². The minimum Gasteiger partial charge on any atom is -0.366 e. The van der Waals surface area contributed by atoms with E-state index in [0.717, 1.165) is 46.6 Å². The van der Waals surface area contributed by atoms with Gasteiger partial charge in [0.25, 0.3) is 5.91 Å². The van der Waals surface area contributed by atoms with Crippen molar-refractivity contribution in [2.24, 2.45) is 5.73 Å². The summed E-state index contributed by atoms with van der Waals surface area (Å²) in [5.74, 6) is -0.168. The fourth-order valence-corrected chi connectivity index (χ4v) is 7.24. The Bertz CT molecular complexity index is 788. The second-order valence-electron chi connectivity index (χ2n) is 6.61. The van der Waals surface area contributed by atoms with Crippen LogP contribution in [0.5, 0.6) is 0 Å². The average molecular weight is 399 g/mol. The maximum Gasteiger partial charge on any atom is 0.250 e. The maximum absolute atomic E-state index is 11.7. The number of nitrogens with two attached hydrogens (primary N) is 1. The van der Waals surface area contributed by atoms with Crippen LogP contribution < -0.4 is 5.73 Å². The fraction of sp³-hybridized carbons (Fsp3) is 0.438. The summed E-state index contributed by atoms with van der Waals surface area (Å²) in [6, 6.07) is 3.73. The molecule has 2 aromatic rings. The van der Waals surface area contributed by atoms with E-state index in [1.165, 1.54) is 0 Å². The monoisotopic (exact) mass is 398 g/mol. The minimum atomic E-state index is -2.43. The number of hydrogen-bond acceptors (Lipinski definition) is 3. The van der Waals surface area contributed by atoms with Gasteiger partial charge in [0, 0.05) is 26.6 Å². The maximum atomic E-state index is 11.7. The lowest BCUT2D eigenvalue weighted by atomic mass is 9.90. The lowest BCUT2D eigenvalue weighted by Crippen LogP contribution is -2.28. The van der Waals surface area contributed by atoms with Crippen LogP contribution in [0.15, 0.2) is 22.8 Å². The number of benzene rings is 1. The van der Waals surface area contributed by atoms with Crippen molar-refractivity contribution in [2.45, 2.75) is 42.1 Å². The lowest BCUT2D eigenvalue weighted by Gasteiger charge is -2.46. The van der Waals surface area contributed by atoms with Crippen LogP contribution in [0, 0.1) is 0 Å². The third-order valence-electron chi connectivity index (χ3n) is 5.38. The first kappa shape index (κ1) is 15.5. The van der Waals surface area contributed by atoms with Gasteiger partial charge in [-0.15, -0.1) is 0 Å². The molecule has 2 aliphatic heterocycles. The van der Waals surface area contributed by atoms with Crippen LogP contribution in [0.25, 0.3) is 10.9 Å². The Hall–Kier alpha value is -1.02. The van der Waals surface area contributed by atoms with Gasteiger partial charge in [0.15, 0.2) is 0 Å². The molecule has 7 heteroatoms. The van der Waals surface area contributed by atoms with Crippen LogP contribution in [-0.2, 0) is 0 Å². The summed E-state index contributed by atoms with van der Waals surface area (Å²) in [5.41, 5.74) is 7.87. The first-order valence-electron chi connectivity index (χ1n) is 7.74. The van der Waals surface area contributed by atoms with Crippen molar-refractivity contribution in [1.29, 1.82) is 0 Å². The van der Waals surface area contributed by atoms with Gasteiger partial charge in [-0.05, 0) is 49.3 Å². The fourth-order valence-electron chi connectivity index (χ4n) is 4.24. The molecule has 1 amide bonds. The van der Waals surface area contributed by atoms with Crippen LogP contribution in [0.2, 0.25) is 0 Å². The SMILES string of the molecule is NC(=O)c1cc(Br)cc2c([C@@H]3C[C@H]4CC[C@@H](C3)S4(O)O)c[nH]c12. The number of halogens is 1. The number of nitrogens with one attached hydrogen (secondary N) is 1. The van der Waals surface area contributed by atoms with Crippen LogP contribution in [0.3, 0.4) is 0 Å². The van der Waals surface area contributed by atoms with Gasteiger partial charge in [-0.2, -0.15) is 10.6 Å². The van der Waals surface area contributed by atoms with Crippen molar-refractivity contribution in [1.82, 2.24) is 4.98 Å². The largest absolute Gasteiger partial charge is 0.366 e. The predicted octanol–water partition coefficient (Wildman–Crippen LogP) is 4.19. The van der Waals surface area contributed by atoms with Crippen LogP contribution in [-0.4, -0.2) is 30.5 Å². The number of H-pyrrole nitrogens is 1. The van der Waals surface area contributed by atoms with E-state index >= 15 is 0 Å². The molecule has 23 heavy (non-hydrogen) atoms. The molecule has 5 N–H and O–H groups in total. The molecule has 0 aliphatic carbocycles. The van der Waals surface area contributed by atoms with E-state index in [1.807, 2.05) is 12.3 Å². The molecule has 3 heterocycles. The smallest absolute Gasteiger partial charge is 0.250 e. The third-order valence-corrected chi connectivity index (χ3v) is 8.65. The standard InChI is InChI=1S/C16H19BrN2O3S/c17-9-5-12-14(7-19-15(12)13(6-9)16(18)20)8-3-10-1-2-11(4-8)23(10,21)22/h5-8,10-11,19,21-22H,1-4H2,(H2,18,20)/t8-,10-,11+. The van der Waals surface area contributed by atoms with Gasteiger partial charge >= 0.3 is 0 Å². The Morgan fingerprint density at radius 2 is 1.91 bits per heavy atom. The molecule has 2 fully saturated rings. The van der Waals surface area contributed by atoms with Gasteiger partial charge in [-0.1, -0.05) is 15.9 Å². The number of carbonyl (C=O) groups is 1. The zero-order chi connectivity index (χ0) is 16.4. The molecule has 3 atom stereocenters. The highest BCUT2D eigenvalue weighted by Crippen LogP contribution is 2.66. The first-order chi connectivity index (χ1) is 10.9. The molecule has 1 aromatic heterocycles. The number of primary amides is 1. The normalized spacial score (nSPS) is 30.5. The Morgan fingerprint density at radius 3 is 2.52 bits per heavy atom. The van der Waals surface area contributed by atoms with Crippen LogP contribution in [0.4, 0.5) is 0 Å². The number of amides is 1. The van der Waals surface area contributed by atoms with E-state index in [4.69, 9.17) is 5.73 Å². The zero-order valence-electron chi connectivity index (χ0n) is 12.5. The highest BCUT2D eigenvalue weighted by Gasteiger charge is 2.47. The Labute approximate surface area is 144 Å². The summed E-state index contributed by atoms with van der Waals surface area (Å²) in [6.07, 6.45) is 5.35. The molecule has 5 nitrogen and oxygen atoms in total. The second-order valence-corrected chi connectivity index (χ2v) is 10.1. The molecule has 4 rings (SSSR count). The van der Waals surface area contributed by atoms with E-state index < -0.39 is 16.5 Å². The zero-order valence-corrected chi connectivity index (χ0v) is 14.9. The summed E-state index contributed by atoms with van der Waals surface area (Å²) in [5, 5.41) is 1.02. The predicted molar refractivity (Wildman–Crippen MR) is 96.2 cm³/mol. The van der Waals surface area contributed by atoms with Crippen molar-refractivity contribution in [3.63, 3.8) is 0 Å². The molecule has 0 saturated carbocycles. The van der Waals surface area contributed by atoms with Crippen LogP contribution >= 0.6 is 26.5 Å². The van der Waals surface area contributed by atoms with Gasteiger partial charge in [-0.3, -0.25) is 13.9 Å². The molecule has 2 saturated heterocycles.